The van der Waals surface area contributed by atoms with Crippen LogP contribution in [-0.2, 0) is 17.1 Å². The second-order valence-electron chi connectivity index (χ2n) is 6.45. The van der Waals surface area contributed by atoms with Crippen molar-refractivity contribution in [3.63, 3.8) is 0 Å². The first-order valence-corrected chi connectivity index (χ1v) is 9.95. The second kappa shape index (κ2) is 6.07. The minimum absolute atomic E-state index is 0.000129. The topological polar surface area (TPSA) is 100 Å². The lowest BCUT2D eigenvalue weighted by Crippen LogP contribution is -2.18. The van der Waals surface area contributed by atoms with Gasteiger partial charge in [0.2, 0.25) is 10.0 Å². The van der Waals surface area contributed by atoms with Gasteiger partial charge in [-0.3, -0.25) is 4.79 Å². The minimum Gasteiger partial charge on any atom is -0.373 e. The average molecular weight is 406 g/mol. The number of aromatic nitrogens is 1. The molecule has 0 spiro atoms. The molecular weight excluding hydrogens is 390 g/mol. The fraction of sp³-hybridized carbons (Fsp3) is 0.167. The van der Waals surface area contributed by atoms with E-state index >= 15 is 0 Å². The van der Waals surface area contributed by atoms with Crippen LogP contribution in [0.3, 0.4) is 0 Å². The minimum atomic E-state index is -3.72. The number of halogens is 1. The number of amides is 1. The van der Waals surface area contributed by atoms with Crippen LogP contribution in [0.25, 0.3) is 10.9 Å². The first-order valence-electron chi connectivity index (χ1n) is 8.09. The summed E-state index contributed by atoms with van der Waals surface area (Å²) in [7, 11) is -1.95. The van der Waals surface area contributed by atoms with Crippen LogP contribution in [0.2, 0.25) is 5.02 Å². The third-order valence-electron chi connectivity index (χ3n) is 4.70. The monoisotopic (exact) mass is 405 g/mol. The molecule has 0 fully saturated rings. The molecule has 0 saturated heterocycles. The van der Waals surface area contributed by atoms with Gasteiger partial charge < -0.3 is 15.0 Å². The van der Waals surface area contributed by atoms with E-state index in [4.69, 9.17) is 11.6 Å². The molecule has 1 atom stereocenters. The van der Waals surface area contributed by atoms with Gasteiger partial charge in [0.1, 0.15) is 11.9 Å². The zero-order valence-corrected chi connectivity index (χ0v) is 16.0. The van der Waals surface area contributed by atoms with Crippen LogP contribution >= 0.6 is 11.6 Å². The Kier molecular flexibility index (Phi) is 4.04. The Morgan fingerprint density at radius 3 is 2.74 bits per heavy atom. The number of aryl methyl sites for hydroxylation is 2. The van der Waals surface area contributed by atoms with Crippen molar-refractivity contribution in [1.29, 1.82) is 0 Å². The number of sulfonamides is 1. The first kappa shape index (κ1) is 18.0. The summed E-state index contributed by atoms with van der Waals surface area (Å²) in [4.78, 5) is 12.7. The van der Waals surface area contributed by atoms with Gasteiger partial charge in [-0.2, -0.15) is 4.72 Å². The van der Waals surface area contributed by atoms with Crippen molar-refractivity contribution < 1.29 is 18.3 Å². The van der Waals surface area contributed by atoms with E-state index in [1.54, 1.807) is 17.7 Å². The molecule has 1 unspecified atom stereocenters. The maximum atomic E-state index is 12.7. The summed E-state index contributed by atoms with van der Waals surface area (Å²) in [6.07, 6.45) is -1.33. The van der Waals surface area contributed by atoms with E-state index in [2.05, 4.69) is 10.0 Å². The lowest BCUT2D eigenvalue weighted by Gasteiger charge is -2.09. The fourth-order valence-electron chi connectivity index (χ4n) is 3.26. The van der Waals surface area contributed by atoms with Crippen LogP contribution in [0.4, 0.5) is 5.69 Å². The molecule has 0 aliphatic carbocycles. The molecule has 3 aromatic rings. The number of carbonyl (C=O) groups is 1. The number of fused-ring (bicyclic) bond motifs is 2. The highest BCUT2D eigenvalue weighted by Crippen LogP contribution is 2.32. The van der Waals surface area contributed by atoms with Gasteiger partial charge in [0.05, 0.1) is 9.92 Å². The van der Waals surface area contributed by atoms with Gasteiger partial charge in [-0.05, 0) is 42.8 Å². The first-order chi connectivity index (χ1) is 12.7. The number of nitrogens with zero attached hydrogens (tertiary/aromatic N) is 1. The van der Waals surface area contributed by atoms with Gasteiger partial charge in [-0.1, -0.05) is 17.7 Å². The molecular formula is C18H16ClN3O4S. The molecule has 27 heavy (non-hydrogen) atoms. The molecule has 140 valence electrons. The molecule has 2 heterocycles. The maximum absolute atomic E-state index is 12.7. The molecule has 9 heteroatoms. The molecule has 1 amide bonds. The van der Waals surface area contributed by atoms with Gasteiger partial charge in [-0.15, -0.1) is 0 Å². The largest absolute Gasteiger partial charge is 0.373 e. The van der Waals surface area contributed by atoms with E-state index in [1.807, 2.05) is 19.1 Å². The number of hydrogen-bond donors (Lipinski definition) is 3. The summed E-state index contributed by atoms with van der Waals surface area (Å²) in [6, 6.07) is 9.78. The highest BCUT2D eigenvalue weighted by Gasteiger charge is 2.33. The Bertz CT molecular complexity index is 1220. The quantitative estimate of drug-likeness (QED) is 0.610. The molecule has 1 aliphatic rings. The van der Waals surface area contributed by atoms with Gasteiger partial charge in [0.25, 0.3) is 5.91 Å². The molecule has 0 bridgehead atoms. The molecule has 1 aliphatic heterocycles. The van der Waals surface area contributed by atoms with E-state index in [0.717, 1.165) is 16.5 Å². The predicted octanol–water partition coefficient (Wildman–Crippen LogP) is 2.68. The number of hydrogen-bond acceptors (Lipinski definition) is 4. The second-order valence-corrected chi connectivity index (χ2v) is 8.51. The van der Waals surface area contributed by atoms with Crippen molar-refractivity contribution in [3.8, 4) is 0 Å². The van der Waals surface area contributed by atoms with Crippen molar-refractivity contribution in [2.45, 2.75) is 18.0 Å². The lowest BCUT2D eigenvalue weighted by molar-refractivity contribution is 0.101. The van der Waals surface area contributed by atoms with Crippen LogP contribution in [0.1, 0.15) is 27.8 Å². The number of aliphatic hydroxyl groups excluding tert-OH is 1. The average Bonchev–Trinajstić information content (AvgIpc) is 3.06. The number of aliphatic hydroxyl groups is 1. The summed E-state index contributed by atoms with van der Waals surface area (Å²) < 4.78 is 27.5. The summed E-state index contributed by atoms with van der Waals surface area (Å²) in [5.74, 6) is -0.370. The SMILES string of the molecule is Cc1ccc2c(cc(C(=O)Nc3ccc4c(c3)C(O)NS4(=O)=O)n2C)c1Cl. The van der Waals surface area contributed by atoms with E-state index in [-0.39, 0.29) is 16.4 Å². The Hall–Kier alpha value is -2.39. The van der Waals surface area contributed by atoms with Crippen LogP contribution in [0.15, 0.2) is 41.3 Å². The summed E-state index contributed by atoms with van der Waals surface area (Å²) >= 11 is 6.35. The molecule has 4 rings (SSSR count). The number of anilines is 1. The standard InChI is InChI=1S/C18H16ClN3O4S/c1-9-3-5-13-11(16(9)19)8-14(22(13)2)18(24)20-10-4-6-15-12(7-10)17(23)21-27(15,25)26/h3-8,17,21,23H,1-2H3,(H,20,24). The van der Waals surface area contributed by atoms with Crippen molar-refractivity contribution in [3.05, 3.63) is 58.2 Å². The van der Waals surface area contributed by atoms with Crippen molar-refractivity contribution in [1.82, 2.24) is 9.29 Å². The normalized spacial score (nSPS) is 17.9. The summed E-state index contributed by atoms with van der Waals surface area (Å²) in [5, 5.41) is 14.0. The van der Waals surface area contributed by atoms with Crippen molar-refractivity contribution >= 4 is 44.1 Å². The third kappa shape index (κ3) is 2.81. The third-order valence-corrected chi connectivity index (χ3v) is 6.69. The number of rotatable bonds is 2. The highest BCUT2D eigenvalue weighted by molar-refractivity contribution is 7.89. The summed E-state index contributed by atoms with van der Waals surface area (Å²) in [6.45, 7) is 1.90. The van der Waals surface area contributed by atoms with Gasteiger partial charge in [0, 0.05) is 29.2 Å². The van der Waals surface area contributed by atoms with Gasteiger partial charge >= 0.3 is 0 Å². The Balaban J connectivity index is 1.70. The zero-order valence-electron chi connectivity index (χ0n) is 14.4. The van der Waals surface area contributed by atoms with Crippen molar-refractivity contribution in [2.24, 2.45) is 7.05 Å². The molecule has 7 nitrogen and oxygen atoms in total. The Labute approximate surface area is 160 Å². The van der Waals surface area contributed by atoms with Gasteiger partial charge in [-0.25, -0.2) is 8.42 Å². The van der Waals surface area contributed by atoms with Crippen LogP contribution in [-0.4, -0.2) is 24.0 Å². The predicted molar refractivity (Wildman–Crippen MR) is 102 cm³/mol. The number of benzene rings is 2. The fourth-order valence-corrected chi connectivity index (χ4v) is 4.75. The van der Waals surface area contributed by atoms with E-state index in [9.17, 15) is 18.3 Å². The van der Waals surface area contributed by atoms with Crippen LogP contribution < -0.4 is 10.0 Å². The van der Waals surface area contributed by atoms with Crippen molar-refractivity contribution in [2.75, 3.05) is 5.32 Å². The Morgan fingerprint density at radius 1 is 1.26 bits per heavy atom. The van der Waals surface area contributed by atoms with E-state index in [0.29, 0.717) is 16.4 Å². The van der Waals surface area contributed by atoms with Gasteiger partial charge in [0.15, 0.2) is 0 Å². The number of carbonyl (C=O) groups excluding carboxylic acids is 1. The maximum Gasteiger partial charge on any atom is 0.272 e. The Morgan fingerprint density at radius 2 is 2.00 bits per heavy atom. The lowest BCUT2D eigenvalue weighted by atomic mass is 10.1. The highest BCUT2D eigenvalue weighted by atomic mass is 35.5. The molecule has 0 radical (unpaired) electrons. The summed E-state index contributed by atoms with van der Waals surface area (Å²) in [5.41, 5.74) is 2.73. The van der Waals surface area contributed by atoms with E-state index < -0.39 is 16.3 Å². The van der Waals surface area contributed by atoms with Crippen LogP contribution in [0, 0.1) is 6.92 Å². The number of nitrogens with one attached hydrogen (secondary N) is 2. The zero-order chi connectivity index (χ0) is 19.5. The molecule has 0 saturated carbocycles. The van der Waals surface area contributed by atoms with E-state index in [1.165, 1.54) is 18.2 Å². The smallest absolute Gasteiger partial charge is 0.272 e. The molecule has 2 aromatic carbocycles. The molecule has 1 aromatic heterocycles. The van der Waals surface area contributed by atoms with Crippen LogP contribution in [0.5, 0.6) is 0 Å². The molecule has 3 N–H and O–H groups in total.